The van der Waals surface area contributed by atoms with E-state index in [4.69, 9.17) is 0 Å². The molecule has 3 aromatic carbocycles. The third-order valence-corrected chi connectivity index (χ3v) is 4.52. The average molecular weight is 319 g/mol. The number of aromatic hydroxyl groups is 1. The van der Waals surface area contributed by atoms with E-state index in [1.165, 1.54) is 5.56 Å². The van der Waals surface area contributed by atoms with Crippen LogP contribution in [0.25, 0.3) is 21.9 Å². The van der Waals surface area contributed by atoms with E-state index in [0.29, 0.717) is 5.75 Å². The van der Waals surface area contributed by atoms with Gasteiger partial charge in [-0.25, -0.2) is 0 Å². The number of anilines is 1. The Balaban J connectivity index is 2.38. The lowest BCUT2D eigenvalue weighted by molar-refractivity contribution is 0.478. The Kier molecular flexibility index (Phi) is 4.00. The summed E-state index contributed by atoms with van der Waals surface area (Å²) in [5.41, 5.74) is 4.40. The van der Waals surface area contributed by atoms with Crippen LogP contribution in [-0.4, -0.2) is 19.2 Å². The van der Waals surface area contributed by atoms with Gasteiger partial charge in [0, 0.05) is 30.9 Å². The summed E-state index contributed by atoms with van der Waals surface area (Å²) in [6.45, 7) is 6.64. The second-order valence-electron chi connectivity index (χ2n) is 7.56. The Morgan fingerprint density at radius 2 is 1.58 bits per heavy atom. The van der Waals surface area contributed by atoms with Crippen molar-refractivity contribution in [3.8, 4) is 16.9 Å². The summed E-state index contributed by atoms with van der Waals surface area (Å²) < 4.78 is 0. The Bertz CT molecular complexity index is 888. The molecule has 0 radical (unpaired) electrons. The zero-order chi connectivity index (χ0) is 17.5. The molecule has 0 atom stereocenters. The monoisotopic (exact) mass is 319 g/mol. The van der Waals surface area contributed by atoms with Gasteiger partial charge in [-0.2, -0.15) is 0 Å². The van der Waals surface area contributed by atoms with Crippen molar-refractivity contribution in [3.05, 3.63) is 60.2 Å². The van der Waals surface area contributed by atoms with Gasteiger partial charge in [-0.05, 0) is 39.9 Å². The van der Waals surface area contributed by atoms with E-state index in [1.807, 2.05) is 32.3 Å². The highest BCUT2D eigenvalue weighted by molar-refractivity contribution is 6.02. The second kappa shape index (κ2) is 5.86. The molecule has 0 heterocycles. The number of fused-ring (bicyclic) bond motifs is 1. The number of phenolic OH excluding ortho intramolecular Hbond substituents is 1. The van der Waals surface area contributed by atoms with Crippen LogP contribution in [0.1, 0.15) is 26.3 Å². The van der Waals surface area contributed by atoms with Crippen molar-refractivity contribution in [1.82, 2.24) is 0 Å². The first kappa shape index (κ1) is 16.4. The van der Waals surface area contributed by atoms with Crippen LogP contribution in [0, 0.1) is 0 Å². The van der Waals surface area contributed by atoms with Crippen molar-refractivity contribution in [1.29, 1.82) is 0 Å². The fourth-order valence-corrected chi connectivity index (χ4v) is 3.14. The zero-order valence-corrected chi connectivity index (χ0v) is 15.1. The van der Waals surface area contributed by atoms with Crippen LogP contribution in [0.15, 0.2) is 54.6 Å². The number of hydrogen-bond acceptors (Lipinski definition) is 2. The van der Waals surface area contributed by atoms with Crippen LogP contribution >= 0.6 is 0 Å². The smallest absolute Gasteiger partial charge is 0.124 e. The van der Waals surface area contributed by atoms with E-state index in [-0.39, 0.29) is 5.41 Å². The average Bonchev–Trinajstić information content (AvgIpc) is 2.53. The van der Waals surface area contributed by atoms with Crippen molar-refractivity contribution < 1.29 is 5.11 Å². The van der Waals surface area contributed by atoms with Gasteiger partial charge in [0.05, 0.1) is 0 Å². The molecule has 2 heteroatoms. The molecule has 0 aliphatic heterocycles. The number of hydrogen-bond donors (Lipinski definition) is 1. The van der Waals surface area contributed by atoms with Gasteiger partial charge in [-0.3, -0.25) is 0 Å². The van der Waals surface area contributed by atoms with E-state index >= 15 is 0 Å². The predicted molar refractivity (Wildman–Crippen MR) is 104 cm³/mol. The standard InChI is InChI=1S/C22H25NO/c1-22(2,3)16-11-12-19(23(4)5)18(14-16)21-17-9-7-6-8-15(17)10-13-20(21)24/h6-14,24H,1-5H3. The minimum atomic E-state index is 0.0554. The van der Waals surface area contributed by atoms with E-state index in [1.54, 1.807) is 6.07 Å². The summed E-state index contributed by atoms with van der Waals surface area (Å²) in [5, 5.41) is 12.9. The van der Waals surface area contributed by atoms with Gasteiger partial charge in [0.15, 0.2) is 0 Å². The predicted octanol–water partition coefficient (Wildman–Crippen LogP) is 5.58. The summed E-state index contributed by atoms with van der Waals surface area (Å²) in [7, 11) is 4.08. The first-order chi connectivity index (χ1) is 11.3. The van der Waals surface area contributed by atoms with E-state index in [9.17, 15) is 5.11 Å². The molecule has 24 heavy (non-hydrogen) atoms. The van der Waals surface area contributed by atoms with E-state index in [0.717, 1.165) is 27.6 Å². The molecule has 0 aromatic heterocycles. The Hall–Kier alpha value is -2.48. The quantitative estimate of drug-likeness (QED) is 0.667. The van der Waals surface area contributed by atoms with Crippen LogP contribution in [0.3, 0.4) is 0 Å². The first-order valence-electron chi connectivity index (χ1n) is 8.32. The summed E-state index contributed by atoms with van der Waals surface area (Å²) in [6, 6.07) is 18.5. The molecule has 0 saturated carbocycles. The molecule has 3 rings (SSSR count). The van der Waals surface area contributed by atoms with Gasteiger partial charge in [0.2, 0.25) is 0 Å². The van der Waals surface area contributed by atoms with Crippen molar-refractivity contribution in [2.75, 3.05) is 19.0 Å². The lowest BCUT2D eigenvalue weighted by Crippen LogP contribution is -2.14. The van der Waals surface area contributed by atoms with Crippen LogP contribution < -0.4 is 4.90 Å². The van der Waals surface area contributed by atoms with Gasteiger partial charge >= 0.3 is 0 Å². The van der Waals surface area contributed by atoms with Crippen molar-refractivity contribution in [3.63, 3.8) is 0 Å². The van der Waals surface area contributed by atoms with E-state index in [2.05, 4.69) is 56.0 Å². The normalized spacial score (nSPS) is 11.7. The van der Waals surface area contributed by atoms with Gasteiger partial charge < -0.3 is 10.0 Å². The topological polar surface area (TPSA) is 23.5 Å². The van der Waals surface area contributed by atoms with Crippen molar-refractivity contribution >= 4 is 16.5 Å². The summed E-state index contributed by atoms with van der Waals surface area (Å²) >= 11 is 0. The number of nitrogens with zero attached hydrogens (tertiary/aromatic N) is 1. The maximum Gasteiger partial charge on any atom is 0.124 e. The van der Waals surface area contributed by atoms with Gasteiger partial charge in [0.25, 0.3) is 0 Å². The number of phenols is 1. The van der Waals surface area contributed by atoms with Crippen LogP contribution in [0.4, 0.5) is 5.69 Å². The molecule has 1 N–H and O–H groups in total. The summed E-state index contributed by atoms with van der Waals surface area (Å²) in [5.74, 6) is 0.322. The molecule has 0 unspecified atom stereocenters. The first-order valence-corrected chi connectivity index (χ1v) is 8.32. The molecule has 2 nitrogen and oxygen atoms in total. The molecule has 0 saturated heterocycles. The van der Waals surface area contributed by atoms with E-state index < -0.39 is 0 Å². The number of benzene rings is 3. The third-order valence-electron chi connectivity index (χ3n) is 4.52. The minimum Gasteiger partial charge on any atom is -0.507 e. The molecule has 0 spiro atoms. The third kappa shape index (κ3) is 2.84. The molecule has 3 aromatic rings. The summed E-state index contributed by atoms with van der Waals surface area (Å²) in [4.78, 5) is 2.10. The molecule has 0 aliphatic carbocycles. The van der Waals surface area contributed by atoms with Crippen LogP contribution in [-0.2, 0) is 5.41 Å². The minimum absolute atomic E-state index is 0.0554. The fraction of sp³-hybridized carbons (Fsp3) is 0.273. The molecular formula is C22H25NO. The van der Waals surface area contributed by atoms with Gasteiger partial charge in [0.1, 0.15) is 5.75 Å². The fourth-order valence-electron chi connectivity index (χ4n) is 3.14. The molecule has 0 fully saturated rings. The number of rotatable bonds is 2. The largest absolute Gasteiger partial charge is 0.507 e. The Morgan fingerprint density at radius 3 is 2.25 bits per heavy atom. The van der Waals surface area contributed by atoms with Gasteiger partial charge in [-0.15, -0.1) is 0 Å². The maximum atomic E-state index is 10.6. The highest BCUT2D eigenvalue weighted by Gasteiger charge is 2.19. The van der Waals surface area contributed by atoms with Gasteiger partial charge in [-0.1, -0.05) is 57.2 Å². The molecule has 0 aliphatic rings. The molecule has 124 valence electrons. The Morgan fingerprint density at radius 1 is 0.875 bits per heavy atom. The van der Waals surface area contributed by atoms with Crippen molar-refractivity contribution in [2.45, 2.75) is 26.2 Å². The lowest BCUT2D eigenvalue weighted by Gasteiger charge is -2.25. The zero-order valence-electron chi connectivity index (χ0n) is 15.1. The molecule has 0 amide bonds. The van der Waals surface area contributed by atoms with Crippen molar-refractivity contribution in [2.24, 2.45) is 0 Å². The SMILES string of the molecule is CN(C)c1ccc(C(C)(C)C)cc1-c1c(O)ccc2ccccc12. The Labute approximate surface area is 144 Å². The second-order valence-corrected chi connectivity index (χ2v) is 7.56. The molecular weight excluding hydrogens is 294 g/mol. The molecule has 0 bridgehead atoms. The maximum absolute atomic E-state index is 10.6. The highest BCUT2D eigenvalue weighted by Crippen LogP contribution is 2.42. The summed E-state index contributed by atoms with van der Waals surface area (Å²) in [6.07, 6.45) is 0. The van der Waals surface area contributed by atoms with Crippen LogP contribution in [0.5, 0.6) is 5.75 Å². The van der Waals surface area contributed by atoms with Crippen LogP contribution in [0.2, 0.25) is 0 Å². The lowest BCUT2D eigenvalue weighted by atomic mass is 9.84. The highest BCUT2D eigenvalue weighted by atomic mass is 16.3.